The first kappa shape index (κ1) is 11.2. The topological polar surface area (TPSA) is 26.3 Å². The number of alkyl halides is 1. The van der Waals surface area contributed by atoms with Crippen LogP contribution in [0.2, 0.25) is 0 Å². The molecule has 3 heteroatoms. The molecule has 1 unspecified atom stereocenters. The van der Waals surface area contributed by atoms with Gasteiger partial charge in [-0.2, -0.15) is 0 Å². The van der Waals surface area contributed by atoms with E-state index in [4.69, 9.17) is 4.74 Å². The van der Waals surface area contributed by atoms with Gasteiger partial charge in [0.05, 0.1) is 0 Å². The second-order valence-corrected chi connectivity index (χ2v) is 4.22. The van der Waals surface area contributed by atoms with Crippen molar-refractivity contribution in [2.24, 2.45) is 0 Å². The largest absolute Gasteiger partial charge is 0.426 e. The van der Waals surface area contributed by atoms with Crippen molar-refractivity contribution in [3.8, 4) is 5.75 Å². The molecule has 0 fully saturated rings. The molecule has 0 aliphatic rings. The van der Waals surface area contributed by atoms with E-state index in [2.05, 4.69) is 15.9 Å². The first-order valence-corrected chi connectivity index (χ1v) is 5.47. The van der Waals surface area contributed by atoms with Crippen molar-refractivity contribution >= 4 is 21.9 Å². The van der Waals surface area contributed by atoms with Crippen LogP contribution < -0.4 is 4.74 Å². The molecule has 0 heterocycles. The van der Waals surface area contributed by atoms with Gasteiger partial charge in [-0.05, 0) is 25.5 Å². The molecule has 0 aliphatic heterocycles. The van der Waals surface area contributed by atoms with Crippen molar-refractivity contribution in [2.75, 3.05) is 0 Å². The normalized spacial score (nSPS) is 12.2. The molecule has 0 bridgehead atoms. The number of rotatable bonds is 3. The number of hydrogen-bond donors (Lipinski definition) is 0. The van der Waals surface area contributed by atoms with E-state index in [1.807, 2.05) is 26.0 Å². The average Bonchev–Trinajstić information content (AvgIpc) is 2.20. The lowest BCUT2D eigenvalue weighted by Crippen LogP contribution is -2.19. The summed E-state index contributed by atoms with van der Waals surface area (Å²) in [6.07, 6.45) is 0.727. The number of carbonyl (C=O) groups is 1. The van der Waals surface area contributed by atoms with Crippen molar-refractivity contribution < 1.29 is 9.53 Å². The smallest absolute Gasteiger partial charge is 0.325 e. The molecule has 0 saturated heterocycles. The Morgan fingerprint density at radius 1 is 1.43 bits per heavy atom. The SMILES string of the molecule is CCC(Br)C(=O)Oc1ccc(C)cc1. The molecule has 0 amide bonds. The van der Waals surface area contributed by atoms with E-state index in [-0.39, 0.29) is 10.8 Å². The van der Waals surface area contributed by atoms with E-state index in [1.54, 1.807) is 12.1 Å². The second-order valence-electron chi connectivity index (χ2n) is 3.11. The predicted molar refractivity (Wildman–Crippen MR) is 59.8 cm³/mol. The Hall–Kier alpha value is -0.830. The lowest BCUT2D eigenvalue weighted by molar-refractivity contribution is -0.133. The van der Waals surface area contributed by atoms with E-state index in [0.717, 1.165) is 12.0 Å². The Morgan fingerprint density at radius 2 is 2.00 bits per heavy atom. The van der Waals surface area contributed by atoms with Crippen molar-refractivity contribution in [1.82, 2.24) is 0 Å². The van der Waals surface area contributed by atoms with Gasteiger partial charge in [0, 0.05) is 0 Å². The number of hydrogen-bond acceptors (Lipinski definition) is 2. The fourth-order valence-electron chi connectivity index (χ4n) is 0.953. The van der Waals surface area contributed by atoms with Gasteiger partial charge in [-0.3, -0.25) is 4.79 Å². The Kier molecular flexibility index (Phi) is 4.14. The molecule has 0 radical (unpaired) electrons. The number of carbonyl (C=O) groups excluding carboxylic acids is 1. The molecule has 0 spiro atoms. The summed E-state index contributed by atoms with van der Waals surface area (Å²) < 4.78 is 5.14. The lowest BCUT2D eigenvalue weighted by atomic mass is 10.2. The van der Waals surface area contributed by atoms with Gasteiger partial charge in [0.25, 0.3) is 0 Å². The third-order valence-electron chi connectivity index (χ3n) is 1.85. The highest BCUT2D eigenvalue weighted by atomic mass is 79.9. The lowest BCUT2D eigenvalue weighted by Gasteiger charge is -2.07. The maximum atomic E-state index is 11.4. The predicted octanol–water partition coefficient (Wildman–Crippen LogP) is 3.07. The summed E-state index contributed by atoms with van der Waals surface area (Å²) in [5.41, 5.74) is 1.15. The van der Waals surface area contributed by atoms with E-state index < -0.39 is 0 Å². The van der Waals surface area contributed by atoms with Crippen LogP contribution in [-0.4, -0.2) is 10.8 Å². The highest BCUT2D eigenvalue weighted by molar-refractivity contribution is 9.10. The van der Waals surface area contributed by atoms with Gasteiger partial charge < -0.3 is 4.74 Å². The molecule has 1 aromatic carbocycles. The average molecular weight is 257 g/mol. The fourth-order valence-corrected chi connectivity index (χ4v) is 1.05. The molecule has 0 N–H and O–H groups in total. The Bertz CT molecular complexity index is 306. The summed E-state index contributed by atoms with van der Waals surface area (Å²) >= 11 is 3.24. The van der Waals surface area contributed by atoms with Crippen LogP contribution in [0, 0.1) is 6.92 Å². The Labute approximate surface area is 92.4 Å². The molecule has 76 valence electrons. The van der Waals surface area contributed by atoms with Crippen LogP contribution in [0.25, 0.3) is 0 Å². The quantitative estimate of drug-likeness (QED) is 0.472. The fraction of sp³-hybridized carbons (Fsp3) is 0.364. The third-order valence-corrected chi connectivity index (χ3v) is 2.87. The van der Waals surface area contributed by atoms with Crippen molar-refractivity contribution in [2.45, 2.75) is 25.1 Å². The first-order chi connectivity index (χ1) is 6.63. The van der Waals surface area contributed by atoms with Gasteiger partial charge in [0.15, 0.2) is 0 Å². The Balaban J connectivity index is 2.60. The molecular formula is C11H13BrO2. The van der Waals surface area contributed by atoms with Crippen LogP contribution in [0.15, 0.2) is 24.3 Å². The third kappa shape index (κ3) is 3.14. The van der Waals surface area contributed by atoms with Gasteiger partial charge in [0.1, 0.15) is 10.6 Å². The van der Waals surface area contributed by atoms with Crippen LogP contribution in [0.5, 0.6) is 5.75 Å². The minimum absolute atomic E-state index is 0.219. The van der Waals surface area contributed by atoms with Gasteiger partial charge >= 0.3 is 5.97 Å². The van der Waals surface area contributed by atoms with Gasteiger partial charge in [-0.1, -0.05) is 40.5 Å². The molecule has 1 rings (SSSR count). The minimum Gasteiger partial charge on any atom is -0.426 e. The molecule has 0 saturated carbocycles. The van der Waals surface area contributed by atoms with E-state index in [1.165, 1.54) is 0 Å². The Morgan fingerprint density at radius 3 is 2.50 bits per heavy atom. The maximum Gasteiger partial charge on any atom is 0.325 e. The second kappa shape index (κ2) is 5.15. The maximum absolute atomic E-state index is 11.4. The van der Waals surface area contributed by atoms with Gasteiger partial charge in [-0.15, -0.1) is 0 Å². The summed E-state index contributed by atoms with van der Waals surface area (Å²) in [4.78, 5) is 11.1. The summed E-state index contributed by atoms with van der Waals surface area (Å²) in [6, 6.07) is 7.42. The zero-order valence-corrected chi connectivity index (χ0v) is 9.87. The molecule has 0 aliphatic carbocycles. The summed E-state index contributed by atoms with van der Waals surface area (Å²) in [6.45, 7) is 3.92. The molecule has 1 atom stereocenters. The molecule has 0 aromatic heterocycles. The zero-order valence-electron chi connectivity index (χ0n) is 8.29. The number of esters is 1. The van der Waals surface area contributed by atoms with Crippen molar-refractivity contribution in [3.63, 3.8) is 0 Å². The van der Waals surface area contributed by atoms with E-state index in [0.29, 0.717) is 5.75 Å². The molecule has 14 heavy (non-hydrogen) atoms. The van der Waals surface area contributed by atoms with Crippen LogP contribution in [0.4, 0.5) is 0 Å². The highest BCUT2D eigenvalue weighted by Gasteiger charge is 2.14. The van der Waals surface area contributed by atoms with E-state index >= 15 is 0 Å². The standard InChI is InChI=1S/C11H13BrO2/c1-3-10(12)11(13)14-9-6-4-8(2)5-7-9/h4-7,10H,3H2,1-2H3. The van der Waals surface area contributed by atoms with E-state index in [9.17, 15) is 4.79 Å². The minimum atomic E-state index is -0.239. The number of aryl methyl sites for hydroxylation is 1. The van der Waals surface area contributed by atoms with Gasteiger partial charge in [0.2, 0.25) is 0 Å². The number of ether oxygens (including phenoxy) is 1. The molecule has 1 aromatic rings. The molecular weight excluding hydrogens is 244 g/mol. The zero-order chi connectivity index (χ0) is 10.6. The van der Waals surface area contributed by atoms with Crippen LogP contribution >= 0.6 is 15.9 Å². The van der Waals surface area contributed by atoms with Crippen molar-refractivity contribution in [1.29, 1.82) is 0 Å². The van der Waals surface area contributed by atoms with Crippen LogP contribution in [0.3, 0.4) is 0 Å². The first-order valence-electron chi connectivity index (χ1n) is 4.56. The highest BCUT2D eigenvalue weighted by Crippen LogP contribution is 2.14. The van der Waals surface area contributed by atoms with Crippen LogP contribution in [0.1, 0.15) is 18.9 Å². The summed E-state index contributed by atoms with van der Waals surface area (Å²) in [5.74, 6) is 0.356. The molecule has 2 nitrogen and oxygen atoms in total. The monoisotopic (exact) mass is 256 g/mol. The van der Waals surface area contributed by atoms with Crippen molar-refractivity contribution in [3.05, 3.63) is 29.8 Å². The van der Waals surface area contributed by atoms with Gasteiger partial charge in [-0.25, -0.2) is 0 Å². The number of halogens is 1. The van der Waals surface area contributed by atoms with Crippen LogP contribution in [-0.2, 0) is 4.79 Å². The summed E-state index contributed by atoms with van der Waals surface area (Å²) in [7, 11) is 0. The summed E-state index contributed by atoms with van der Waals surface area (Å²) in [5, 5.41) is 0. The number of benzene rings is 1.